The van der Waals surface area contributed by atoms with Gasteiger partial charge in [0.2, 0.25) is 0 Å². The molecule has 4 rings (SSSR count). The summed E-state index contributed by atoms with van der Waals surface area (Å²) in [6, 6.07) is 0.0650. The molecular formula is C15H19N5O2. The van der Waals surface area contributed by atoms with Gasteiger partial charge < -0.3 is 9.73 Å². The molecule has 1 aliphatic carbocycles. The van der Waals surface area contributed by atoms with E-state index in [0.29, 0.717) is 18.2 Å². The molecule has 2 aromatic rings. The number of hydrogen-bond donors (Lipinski definition) is 1. The summed E-state index contributed by atoms with van der Waals surface area (Å²) in [4.78, 5) is 21.0. The molecule has 0 bridgehead atoms. The van der Waals surface area contributed by atoms with E-state index in [1.165, 1.54) is 6.39 Å². The Kier molecular flexibility index (Phi) is 3.20. The zero-order valence-electron chi connectivity index (χ0n) is 12.6. The zero-order valence-corrected chi connectivity index (χ0v) is 12.6. The maximum atomic E-state index is 12.4. The van der Waals surface area contributed by atoms with Crippen molar-refractivity contribution in [2.45, 2.75) is 57.5 Å². The summed E-state index contributed by atoms with van der Waals surface area (Å²) in [5.41, 5.74) is 0.445. The van der Waals surface area contributed by atoms with Crippen molar-refractivity contribution in [1.82, 2.24) is 25.1 Å². The molecule has 7 heteroatoms. The van der Waals surface area contributed by atoms with Crippen LogP contribution in [0.4, 0.5) is 0 Å². The summed E-state index contributed by atoms with van der Waals surface area (Å²) in [7, 11) is 0. The second-order valence-electron chi connectivity index (χ2n) is 6.03. The van der Waals surface area contributed by atoms with Crippen LogP contribution in [0.5, 0.6) is 0 Å². The third kappa shape index (κ3) is 2.40. The third-order valence-electron chi connectivity index (χ3n) is 4.31. The molecule has 116 valence electrons. The lowest BCUT2D eigenvalue weighted by molar-refractivity contribution is 0.0919. The number of amides is 1. The van der Waals surface area contributed by atoms with E-state index < -0.39 is 0 Å². The SMILES string of the molecule is CCc1nc2n(n1)CC(NC(=O)c1ncoc1C1CC1)CC2. The van der Waals surface area contributed by atoms with E-state index in [4.69, 9.17) is 4.42 Å². The minimum Gasteiger partial charge on any atom is -0.447 e. The molecule has 3 heterocycles. The van der Waals surface area contributed by atoms with Gasteiger partial charge in [-0.25, -0.2) is 14.6 Å². The molecule has 1 N–H and O–H groups in total. The standard InChI is InChI=1S/C15H19N5O2/c1-2-11-18-12-6-5-10(7-20(12)19-11)17-15(21)13-14(9-3-4-9)22-8-16-13/h8-10H,2-7H2,1H3,(H,17,21). The first-order chi connectivity index (χ1) is 10.7. The number of oxazole rings is 1. The van der Waals surface area contributed by atoms with Crippen LogP contribution in [0, 0.1) is 0 Å². The second-order valence-corrected chi connectivity index (χ2v) is 6.03. The van der Waals surface area contributed by atoms with Gasteiger partial charge in [-0.2, -0.15) is 5.10 Å². The normalized spacial score (nSPS) is 20.7. The van der Waals surface area contributed by atoms with Crippen molar-refractivity contribution >= 4 is 5.91 Å². The first-order valence-corrected chi connectivity index (χ1v) is 7.91. The number of carbonyl (C=O) groups excluding carboxylic acids is 1. The van der Waals surface area contributed by atoms with Gasteiger partial charge in [-0.3, -0.25) is 4.79 Å². The van der Waals surface area contributed by atoms with Gasteiger partial charge in [0.15, 0.2) is 17.9 Å². The number of aryl methyl sites for hydroxylation is 2. The van der Waals surface area contributed by atoms with E-state index in [9.17, 15) is 4.79 Å². The summed E-state index contributed by atoms with van der Waals surface area (Å²) in [5.74, 6) is 2.86. The van der Waals surface area contributed by atoms with E-state index in [1.54, 1.807) is 0 Å². The average molecular weight is 301 g/mol. The van der Waals surface area contributed by atoms with Crippen molar-refractivity contribution in [3.63, 3.8) is 0 Å². The van der Waals surface area contributed by atoms with Gasteiger partial charge in [0.25, 0.3) is 5.91 Å². The summed E-state index contributed by atoms with van der Waals surface area (Å²) in [6.07, 6.45) is 6.09. The lowest BCUT2D eigenvalue weighted by atomic mass is 10.1. The van der Waals surface area contributed by atoms with E-state index in [1.807, 2.05) is 11.6 Å². The van der Waals surface area contributed by atoms with Crippen LogP contribution in [0.15, 0.2) is 10.8 Å². The molecule has 2 aliphatic rings. The molecule has 0 radical (unpaired) electrons. The number of rotatable bonds is 4. The number of hydrogen-bond acceptors (Lipinski definition) is 5. The van der Waals surface area contributed by atoms with Gasteiger partial charge in [-0.05, 0) is 19.3 Å². The van der Waals surface area contributed by atoms with Crippen molar-refractivity contribution < 1.29 is 9.21 Å². The summed E-state index contributed by atoms with van der Waals surface area (Å²) in [5, 5.41) is 7.53. The fourth-order valence-corrected chi connectivity index (χ4v) is 2.94. The van der Waals surface area contributed by atoms with Crippen molar-refractivity contribution in [3.8, 4) is 0 Å². The quantitative estimate of drug-likeness (QED) is 0.923. The van der Waals surface area contributed by atoms with Gasteiger partial charge >= 0.3 is 0 Å². The van der Waals surface area contributed by atoms with Crippen LogP contribution in [0.3, 0.4) is 0 Å². The predicted molar refractivity (Wildman–Crippen MR) is 77.5 cm³/mol. The topological polar surface area (TPSA) is 85.8 Å². The molecule has 0 saturated heterocycles. The van der Waals surface area contributed by atoms with Crippen LogP contribution in [0.25, 0.3) is 0 Å². The molecule has 1 aliphatic heterocycles. The highest BCUT2D eigenvalue weighted by molar-refractivity contribution is 5.93. The lowest BCUT2D eigenvalue weighted by Crippen LogP contribution is -2.41. The third-order valence-corrected chi connectivity index (χ3v) is 4.31. The van der Waals surface area contributed by atoms with Crippen LogP contribution >= 0.6 is 0 Å². The van der Waals surface area contributed by atoms with Crippen molar-refractivity contribution in [1.29, 1.82) is 0 Å². The second kappa shape index (κ2) is 5.23. The van der Waals surface area contributed by atoms with Crippen LogP contribution < -0.4 is 5.32 Å². The summed E-state index contributed by atoms with van der Waals surface area (Å²) in [6.45, 7) is 2.72. The molecule has 2 aromatic heterocycles. The molecule has 1 fully saturated rings. The van der Waals surface area contributed by atoms with Gasteiger partial charge in [0.1, 0.15) is 11.6 Å². The Morgan fingerprint density at radius 1 is 1.45 bits per heavy atom. The number of carbonyl (C=O) groups is 1. The first-order valence-electron chi connectivity index (χ1n) is 7.91. The van der Waals surface area contributed by atoms with E-state index in [2.05, 4.69) is 20.4 Å². The molecule has 1 amide bonds. The fourth-order valence-electron chi connectivity index (χ4n) is 2.94. The first kappa shape index (κ1) is 13.5. The van der Waals surface area contributed by atoms with Crippen molar-refractivity contribution in [2.75, 3.05) is 0 Å². The minimum absolute atomic E-state index is 0.0650. The number of fused-ring (bicyclic) bond motifs is 1. The largest absolute Gasteiger partial charge is 0.447 e. The van der Waals surface area contributed by atoms with E-state index in [-0.39, 0.29) is 11.9 Å². The van der Waals surface area contributed by atoms with E-state index in [0.717, 1.165) is 49.5 Å². The molecular weight excluding hydrogens is 282 g/mol. The van der Waals surface area contributed by atoms with E-state index >= 15 is 0 Å². The Labute approximate surface area is 128 Å². The molecule has 0 aromatic carbocycles. The minimum atomic E-state index is -0.139. The smallest absolute Gasteiger partial charge is 0.273 e. The van der Waals surface area contributed by atoms with Crippen molar-refractivity contribution in [3.05, 3.63) is 29.5 Å². The highest BCUT2D eigenvalue weighted by Gasteiger charge is 2.33. The Bertz CT molecular complexity index is 701. The highest BCUT2D eigenvalue weighted by atomic mass is 16.3. The number of nitrogens with zero attached hydrogens (tertiary/aromatic N) is 4. The van der Waals surface area contributed by atoms with Crippen LogP contribution in [0.2, 0.25) is 0 Å². The lowest BCUT2D eigenvalue weighted by Gasteiger charge is -2.23. The molecule has 1 atom stereocenters. The zero-order chi connectivity index (χ0) is 15.1. The Morgan fingerprint density at radius 2 is 2.32 bits per heavy atom. The highest BCUT2D eigenvalue weighted by Crippen LogP contribution is 2.41. The maximum Gasteiger partial charge on any atom is 0.273 e. The molecule has 1 unspecified atom stereocenters. The molecule has 22 heavy (non-hydrogen) atoms. The molecule has 0 spiro atoms. The monoisotopic (exact) mass is 301 g/mol. The van der Waals surface area contributed by atoms with Gasteiger partial charge in [0, 0.05) is 24.8 Å². The van der Waals surface area contributed by atoms with Gasteiger partial charge in [0.05, 0.1) is 6.54 Å². The van der Waals surface area contributed by atoms with Gasteiger partial charge in [-0.1, -0.05) is 6.92 Å². The Balaban J connectivity index is 1.45. The number of aromatic nitrogens is 4. The number of nitrogens with one attached hydrogen (secondary N) is 1. The Hall–Kier alpha value is -2.18. The summed E-state index contributed by atoms with van der Waals surface area (Å²) >= 11 is 0. The maximum absolute atomic E-state index is 12.4. The van der Waals surface area contributed by atoms with Gasteiger partial charge in [-0.15, -0.1) is 0 Å². The predicted octanol–water partition coefficient (Wildman–Crippen LogP) is 1.45. The molecule has 7 nitrogen and oxygen atoms in total. The summed E-state index contributed by atoms with van der Waals surface area (Å²) < 4.78 is 7.29. The van der Waals surface area contributed by atoms with Crippen LogP contribution in [0.1, 0.15) is 60.0 Å². The fraction of sp³-hybridized carbons (Fsp3) is 0.600. The van der Waals surface area contributed by atoms with Crippen LogP contribution in [-0.2, 0) is 19.4 Å². The average Bonchev–Trinajstić information content (AvgIpc) is 3.10. The Morgan fingerprint density at radius 3 is 3.09 bits per heavy atom. The van der Waals surface area contributed by atoms with Crippen LogP contribution in [-0.4, -0.2) is 31.7 Å². The van der Waals surface area contributed by atoms with Crippen molar-refractivity contribution in [2.24, 2.45) is 0 Å². The molecule has 1 saturated carbocycles.